The van der Waals surface area contributed by atoms with Crippen molar-refractivity contribution in [3.63, 3.8) is 0 Å². The summed E-state index contributed by atoms with van der Waals surface area (Å²) in [6, 6.07) is 0. The molecule has 5 heteroatoms. The molecule has 2 rings (SSSR count). The zero-order chi connectivity index (χ0) is 10.8. The molecule has 15 heavy (non-hydrogen) atoms. The summed E-state index contributed by atoms with van der Waals surface area (Å²) >= 11 is 0. The van der Waals surface area contributed by atoms with Gasteiger partial charge in [0.15, 0.2) is 0 Å². The Morgan fingerprint density at radius 2 is 2.27 bits per heavy atom. The van der Waals surface area contributed by atoms with Crippen LogP contribution in [0, 0.1) is 0 Å². The Kier molecular flexibility index (Phi) is 2.64. The zero-order valence-electron chi connectivity index (χ0n) is 8.71. The normalized spacial score (nSPS) is 13.9. The average molecular weight is 206 g/mol. The molecule has 3 N–H and O–H groups in total. The molecule has 0 saturated carbocycles. The number of aryl methyl sites for hydroxylation is 1. The van der Waals surface area contributed by atoms with Crippen LogP contribution in [0.3, 0.4) is 0 Å². The lowest BCUT2D eigenvalue weighted by molar-refractivity contribution is -0.117. The summed E-state index contributed by atoms with van der Waals surface area (Å²) in [5.41, 5.74) is 8.35. The van der Waals surface area contributed by atoms with Crippen molar-refractivity contribution in [2.75, 3.05) is 0 Å². The molecule has 1 aromatic heterocycles. The molecule has 80 valence electrons. The monoisotopic (exact) mass is 206 g/mol. The minimum atomic E-state index is -0.386. The first-order valence-electron chi connectivity index (χ1n) is 5.07. The summed E-state index contributed by atoms with van der Waals surface area (Å²) in [7, 11) is 0. The predicted octanol–water partition coefficient (Wildman–Crippen LogP) is -0.330. The minimum Gasteiger partial charge on any atom is -0.369 e. The van der Waals surface area contributed by atoms with Crippen molar-refractivity contribution < 1.29 is 4.79 Å². The number of hydrogen-bond donors (Lipinski definition) is 2. The summed E-state index contributed by atoms with van der Waals surface area (Å²) in [6.07, 6.45) is 0.985. The largest absolute Gasteiger partial charge is 0.369 e. The molecule has 0 bridgehead atoms. The van der Waals surface area contributed by atoms with Gasteiger partial charge in [-0.2, -0.15) is 0 Å². The number of nitrogens with zero attached hydrogens (tertiary/aromatic N) is 2. The summed E-state index contributed by atoms with van der Waals surface area (Å²) in [5, 5.41) is 3.22. The van der Waals surface area contributed by atoms with Gasteiger partial charge in [-0.15, -0.1) is 0 Å². The molecule has 0 fully saturated rings. The maximum absolute atomic E-state index is 10.8. The maximum atomic E-state index is 10.8. The van der Waals surface area contributed by atoms with Crippen molar-refractivity contribution in [3.05, 3.63) is 22.8 Å². The predicted molar refractivity (Wildman–Crippen MR) is 54.9 cm³/mol. The van der Waals surface area contributed by atoms with Crippen molar-refractivity contribution in [3.8, 4) is 0 Å². The van der Waals surface area contributed by atoms with E-state index in [9.17, 15) is 4.79 Å². The number of hydrogen-bond acceptors (Lipinski definition) is 4. The second-order valence-corrected chi connectivity index (χ2v) is 3.61. The molecular formula is C10H14N4O. The number of primary amides is 1. The van der Waals surface area contributed by atoms with Gasteiger partial charge in [-0.3, -0.25) is 4.79 Å². The third kappa shape index (κ3) is 1.97. The van der Waals surface area contributed by atoms with Gasteiger partial charge in [-0.05, 0) is 6.42 Å². The maximum Gasteiger partial charge on any atom is 0.225 e. The van der Waals surface area contributed by atoms with Gasteiger partial charge in [-0.1, -0.05) is 6.92 Å². The third-order valence-electron chi connectivity index (χ3n) is 2.49. The van der Waals surface area contributed by atoms with Crippen LogP contribution in [0.25, 0.3) is 0 Å². The lowest BCUT2D eigenvalue weighted by Gasteiger charge is -2.06. The van der Waals surface area contributed by atoms with Crippen LogP contribution < -0.4 is 11.1 Å². The van der Waals surface area contributed by atoms with Crippen LogP contribution in [0.1, 0.15) is 29.7 Å². The standard InChI is InChI=1S/C10H14N4O/c1-2-7-6-4-12-5-8(6)14-10(13-7)3-9(11)15/h12H,2-5H2,1H3,(H2,11,15). The van der Waals surface area contributed by atoms with E-state index in [1.165, 1.54) is 5.56 Å². The van der Waals surface area contributed by atoms with Crippen LogP contribution in [0.15, 0.2) is 0 Å². The lowest BCUT2D eigenvalue weighted by atomic mass is 10.1. The highest BCUT2D eigenvalue weighted by molar-refractivity contribution is 5.75. The molecule has 0 radical (unpaired) electrons. The summed E-state index contributed by atoms with van der Waals surface area (Å²) < 4.78 is 0. The van der Waals surface area contributed by atoms with Gasteiger partial charge in [-0.25, -0.2) is 9.97 Å². The van der Waals surface area contributed by atoms with Gasteiger partial charge < -0.3 is 11.1 Å². The Labute approximate surface area is 88.1 Å². The zero-order valence-corrected chi connectivity index (χ0v) is 8.71. The van der Waals surface area contributed by atoms with Crippen LogP contribution >= 0.6 is 0 Å². The first-order valence-corrected chi connectivity index (χ1v) is 5.07. The molecule has 1 aromatic rings. The van der Waals surface area contributed by atoms with Crippen molar-refractivity contribution in [1.82, 2.24) is 15.3 Å². The van der Waals surface area contributed by atoms with E-state index in [1.807, 2.05) is 0 Å². The number of amides is 1. The quantitative estimate of drug-likeness (QED) is 0.709. The number of aromatic nitrogens is 2. The number of carbonyl (C=O) groups is 1. The topological polar surface area (TPSA) is 80.9 Å². The molecule has 0 unspecified atom stereocenters. The molecule has 0 atom stereocenters. The van der Waals surface area contributed by atoms with Gasteiger partial charge in [0, 0.05) is 24.3 Å². The summed E-state index contributed by atoms with van der Waals surface area (Å²) in [6.45, 7) is 3.64. The molecule has 0 spiro atoms. The van der Waals surface area contributed by atoms with Gasteiger partial charge >= 0.3 is 0 Å². The van der Waals surface area contributed by atoms with Crippen LogP contribution in [-0.4, -0.2) is 15.9 Å². The van der Waals surface area contributed by atoms with Crippen molar-refractivity contribution in [1.29, 1.82) is 0 Å². The van der Waals surface area contributed by atoms with Gasteiger partial charge in [0.2, 0.25) is 5.91 Å². The molecule has 5 nitrogen and oxygen atoms in total. The van der Waals surface area contributed by atoms with Crippen LogP contribution in [0.4, 0.5) is 0 Å². The second-order valence-electron chi connectivity index (χ2n) is 3.61. The van der Waals surface area contributed by atoms with Crippen molar-refractivity contribution >= 4 is 5.91 Å². The number of fused-ring (bicyclic) bond motifs is 1. The minimum absolute atomic E-state index is 0.125. The number of carbonyl (C=O) groups excluding carboxylic acids is 1. The fourth-order valence-corrected chi connectivity index (χ4v) is 1.82. The lowest BCUT2D eigenvalue weighted by Crippen LogP contribution is -2.17. The first kappa shape index (κ1) is 10.0. The van der Waals surface area contributed by atoms with E-state index < -0.39 is 0 Å². The Hall–Kier alpha value is -1.49. The molecular weight excluding hydrogens is 192 g/mol. The Morgan fingerprint density at radius 1 is 1.47 bits per heavy atom. The van der Waals surface area contributed by atoms with Crippen molar-refractivity contribution in [2.24, 2.45) is 5.73 Å². The van der Waals surface area contributed by atoms with E-state index >= 15 is 0 Å². The smallest absolute Gasteiger partial charge is 0.225 e. The van der Waals surface area contributed by atoms with Gasteiger partial charge in [0.1, 0.15) is 5.82 Å². The van der Waals surface area contributed by atoms with Crippen LogP contribution in [-0.2, 0) is 30.7 Å². The first-order chi connectivity index (χ1) is 7.20. The average Bonchev–Trinajstić information content (AvgIpc) is 2.63. The molecule has 1 aliphatic rings. The second kappa shape index (κ2) is 3.94. The van der Waals surface area contributed by atoms with E-state index in [0.29, 0.717) is 5.82 Å². The molecule has 1 aliphatic heterocycles. The molecule has 0 aromatic carbocycles. The number of rotatable bonds is 3. The number of nitrogens with two attached hydrogens (primary N) is 1. The number of nitrogens with one attached hydrogen (secondary N) is 1. The van der Waals surface area contributed by atoms with Crippen LogP contribution in [0.5, 0.6) is 0 Å². The van der Waals surface area contributed by atoms with Crippen LogP contribution in [0.2, 0.25) is 0 Å². The highest BCUT2D eigenvalue weighted by Crippen LogP contribution is 2.17. The van der Waals surface area contributed by atoms with E-state index in [-0.39, 0.29) is 12.3 Å². The molecule has 0 saturated heterocycles. The SMILES string of the molecule is CCc1nc(CC(N)=O)nc2c1CNC2. The Bertz CT molecular complexity index is 403. The van der Waals surface area contributed by atoms with Crippen molar-refractivity contribution in [2.45, 2.75) is 32.9 Å². The van der Waals surface area contributed by atoms with E-state index in [0.717, 1.165) is 30.9 Å². The highest BCUT2D eigenvalue weighted by Gasteiger charge is 2.18. The molecule has 0 aliphatic carbocycles. The van der Waals surface area contributed by atoms with Gasteiger partial charge in [0.05, 0.1) is 12.1 Å². The van der Waals surface area contributed by atoms with Gasteiger partial charge in [0.25, 0.3) is 0 Å². The molecule has 2 heterocycles. The fraction of sp³-hybridized carbons (Fsp3) is 0.500. The summed E-state index contributed by atoms with van der Waals surface area (Å²) in [4.78, 5) is 19.5. The van der Waals surface area contributed by atoms with E-state index in [2.05, 4.69) is 22.2 Å². The Morgan fingerprint density at radius 3 is 2.93 bits per heavy atom. The highest BCUT2D eigenvalue weighted by atomic mass is 16.1. The fourth-order valence-electron chi connectivity index (χ4n) is 1.82. The molecule has 1 amide bonds. The Balaban J connectivity index is 2.38. The van der Waals surface area contributed by atoms with E-state index in [4.69, 9.17) is 5.73 Å². The van der Waals surface area contributed by atoms with E-state index in [1.54, 1.807) is 0 Å². The summed E-state index contributed by atoms with van der Waals surface area (Å²) in [5.74, 6) is 0.157. The third-order valence-corrected chi connectivity index (χ3v) is 2.49.